The topological polar surface area (TPSA) is 109 Å². The summed E-state index contributed by atoms with van der Waals surface area (Å²) in [6.07, 6.45) is 4.79. The van der Waals surface area contributed by atoms with E-state index in [1.54, 1.807) is 12.1 Å². The van der Waals surface area contributed by atoms with Gasteiger partial charge in [0.1, 0.15) is 29.4 Å². The van der Waals surface area contributed by atoms with E-state index in [-0.39, 0.29) is 32.9 Å². The fourth-order valence-corrected chi connectivity index (χ4v) is 6.28. The van der Waals surface area contributed by atoms with E-state index in [4.69, 9.17) is 26.8 Å². The third-order valence-electron chi connectivity index (χ3n) is 6.42. The van der Waals surface area contributed by atoms with Crippen LogP contribution in [0.25, 0.3) is 22.2 Å². The number of nitrogens with two attached hydrogens (primary N) is 1. The van der Waals surface area contributed by atoms with E-state index >= 15 is 4.39 Å². The number of ether oxygens (including phenoxy) is 2. The van der Waals surface area contributed by atoms with Gasteiger partial charge in [0.05, 0.1) is 28.2 Å². The molecule has 11 heteroatoms. The molecule has 0 unspecified atom stereocenters. The summed E-state index contributed by atoms with van der Waals surface area (Å²) in [5.41, 5.74) is 7.59. The molecule has 1 fully saturated rings. The van der Waals surface area contributed by atoms with E-state index < -0.39 is 21.4 Å². The van der Waals surface area contributed by atoms with E-state index in [9.17, 15) is 8.42 Å². The van der Waals surface area contributed by atoms with Crippen molar-refractivity contribution < 1.29 is 22.3 Å². The molecule has 2 aromatic carbocycles. The SMILES string of the molecule is COc1ccc(S(=O)(=O)Cc2cccc(-c3cn(C4CCOCC4)c4ncnc(N)c34)c2F)cc1Cl. The van der Waals surface area contributed by atoms with Gasteiger partial charge in [-0.25, -0.2) is 22.8 Å². The van der Waals surface area contributed by atoms with Crippen LogP contribution in [0.4, 0.5) is 10.2 Å². The summed E-state index contributed by atoms with van der Waals surface area (Å²) in [5, 5.41) is 0.689. The molecule has 3 heterocycles. The van der Waals surface area contributed by atoms with Crippen molar-refractivity contribution in [3.05, 3.63) is 65.3 Å². The molecule has 0 aliphatic carbocycles. The van der Waals surface area contributed by atoms with Gasteiger partial charge in [-0.3, -0.25) is 0 Å². The summed E-state index contributed by atoms with van der Waals surface area (Å²) in [7, 11) is -2.46. The predicted octanol–water partition coefficient (Wildman–Crippen LogP) is 4.81. The molecular weight excluding hydrogens is 507 g/mol. The number of nitrogens with zero attached hydrogens (tertiary/aromatic N) is 3. The van der Waals surface area contributed by atoms with Crippen molar-refractivity contribution in [1.29, 1.82) is 0 Å². The Hall–Kier alpha value is -3.21. The molecule has 2 aromatic heterocycles. The number of anilines is 1. The van der Waals surface area contributed by atoms with Gasteiger partial charge in [0.2, 0.25) is 0 Å². The first kappa shape index (κ1) is 24.5. The van der Waals surface area contributed by atoms with Crippen LogP contribution in [-0.2, 0) is 20.3 Å². The zero-order chi connectivity index (χ0) is 25.4. The third kappa shape index (κ3) is 4.40. The molecule has 0 radical (unpaired) electrons. The molecule has 2 N–H and O–H groups in total. The van der Waals surface area contributed by atoms with E-state index in [0.29, 0.717) is 35.6 Å². The summed E-state index contributed by atoms with van der Waals surface area (Å²) in [6, 6.07) is 8.97. The van der Waals surface area contributed by atoms with Crippen molar-refractivity contribution in [2.45, 2.75) is 29.5 Å². The van der Waals surface area contributed by atoms with Gasteiger partial charge in [-0.1, -0.05) is 29.8 Å². The van der Waals surface area contributed by atoms with Gasteiger partial charge in [-0.2, -0.15) is 0 Å². The Balaban J connectivity index is 1.57. The number of methoxy groups -OCH3 is 1. The molecular formula is C25H24ClFN4O4S. The molecule has 1 saturated heterocycles. The van der Waals surface area contributed by atoms with Gasteiger partial charge in [-0.05, 0) is 31.0 Å². The number of hydrogen-bond donors (Lipinski definition) is 1. The van der Waals surface area contributed by atoms with Crippen LogP contribution < -0.4 is 10.5 Å². The lowest BCUT2D eigenvalue weighted by molar-refractivity contribution is 0.0706. The highest BCUT2D eigenvalue weighted by Gasteiger charge is 2.25. The van der Waals surface area contributed by atoms with Gasteiger partial charge in [-0.15, -0.1) is 0 Å². The number of sulfone groups is 1. The molecule has 188 valence electrons. The number of hydrogen-bond acceptors (Lipinski definition) is 7. The first-order valence-corrected chi connectivity index (χ1v) is 13.4. The van der Waals surface area contributed by atoms with Gasteiger partial charge in [0.25, 0.3) is 0 Å². The van der Waals surface area contributed by atoms with Gasteiger partial charge < -0.3 is 19.8 Å². The minimum atomic E-state index is -3.89. The first-order valence-electron chi connectivity index (χ1n) is 11.3. The second-order valence-corrected chi connectivity index (χ2v) is 11.0. The largest absolute Gasteiger partial charge is 0.495 e. The number of nitrogen functional groups attached to an aromatic ring is 1. The molecule has 1 aliphatic heterocycles. The second-order valence-electron chi connectivity index (χ2n) is 8.59. The average molecular weight is 531 g/mol. The number of fused-ring (bicyclic) bond motifs is 1. The van der Waals surface area contributed by atoms with Crippen molar-refractivity contribution in [2.75, 3.05) is 26.1 Å². The summed E-state index contributed by atoms with van der Waals surface area (Å²) in [6.45, 7) is 1.24. The molecule has 36 heavy (non-hydrogen) atoms. The Morgan fingerprint density at radius 1 is 1.19 bits per heavy atom. The molecule has 8 nitrogen and oxygen atoms in total. The van der Waals surface area contributed by atoms with Crippen molar-refractivity contribution in [3.63, 3.8) is 0 Å². The van der Waals surface area contributed by atoms with Crippen LogP contribution in [0.1, 0.15) is 24.4 Å². The lowest BCUT2D eigenvalue weighted by atomic mass is 10.0. The summed E-state index contributed by atoms with van der Waals surface area (Å²) >= 11 is 6.11. The molecule has 1 aliphatic rings. The molecule has 5 rings (SSSR count). The molecule has 0 saturated carbocycles. The van der Waals surface area contributed by atoms with Crippen molar-refractivity contribution in [3.8, 4) is 16.9 Å². The Kier molecular flexibility index (Phi) is 6.59. The van der Waals surface area contributed by atoms with Gasteiger partial charge >= 0.3 is 0 Å². The third-order valence-corrected chi connectivity index (χ3v) is 8.38. The summed E-state index contributed by atoms with van der Waals surface area (Å²) < 4.78 is 54.7. The smallest absolute Gasteiger partial charge is 0.182 e. The van der Waals surface area contributed by atoms with Crippen LogP contribution in [0.5, 0.6) is 5.75 Å². The highest BCUT2D eigenvalue weighted by molar-refractivity contribution is 7.90. The van der Waals surface area contributed by atoms with Crippen LogP contribution in [0.15, 0.2) is 53.8 Å². The van der Waals surface area contributed by atoms with Gasteiger partial charge in [0.15, 0.2) is 9.84 Å². The standard InChI is InChI=1S/C25H24ClFN4O4S/c1-34-21-6-5-17(11-20(21)26)36(32,33)13-15-3-2-4-18(23(15)27)19-12-31(16-7-9-35-10-8-16)25-22(19)24(28)29-14-30-25/h2-6,11-12,14,16H,7-10,13H2,1H3,(H2,28,29,30). The molecule has 0 atom stereocenters. The van der Waals surface area contributed by atoms with Crippen molar-refractivity contribution in [2.24, 2.45) is 0 Å². The Morgan fingerprint density at radius 2 is 1.97 bits per heavy atom. The number of halogens is 2. The zero-order valence-electron chi connectivity index (χ0n) is 19.4. The van der Waals surface area contributed by atoms with Crippen LogP contribution in [0.3, 0.4) is 0 Å². The van der Waals surface area contributed by atoms with Gasteiger partial charge in [0, 0.05) is 42.1 Å². The van der Waals surface area contributed by atoms with Crippen LogP contribution in [0.2, 0.25) is 5.02 Å². The van der Waals surface area contributed by atoms with E-state index in [2.05, 4.69) is 9.97 Å². The number of rotatable bonds is 6. The lowest BCUT2D eigenvalue weighted by Crippen LogP contribution is -2.19. The van der Waals surface area contributed by atoms with E-state index in [1.165, 1.54) is 37.7 Å². The number of aromatic nitrogens is 3. The minimum Gasteiger partial charge on any atom is -0.495 e. The Labute approximate surface area is 212 Å². The van der Waals surface area contributed by atoms with Crippen molar-refractivity contribution in [1.82, 2.24) is 14.5 Å². The van der Waals surface area contributed by atoms with Crippen LogP contribution in [-0.4, -0.2) is 43.3 Å². The molecule has 0 spiro atoms. The summed E-state index contributed by atoms with van der Waals surface area (Å²) in [5.74, 6) is -0.606. The van der Waals surface area contributed by atoms with Crippen molar-refractivity contribution >= 4 is 38.3 Å². The highest BCUT2D eigenvalue weighted by atomic mass is 35.5. The Morgan fingerprint density at radius 3 is 2.69 bits per heavy atom. The number of benzene rings is 2. The summed E-state index contributed by atoms with van der Waals surface area (Å²) in [4.78, 5) is 8.52. The van der Waals surface area contributed by atoms with Crippen LogP contribution in [0, 0.1) is 5.82 Å². The minimum absolute atomic E-state index is 0.0214. The Bertz CT molecular complexity index is 1550. The fraction of sp³-hybridized carbons (Fsp3) is 0.280. The fourth-order valence-electron chi connectivity index (χ4n) is 4.58. The maximum absolute atomic E-state index is 15.9. The average Bonchev–Trinajstić information content (AvgIpc) is 3.26. The molecule has 0 amide bonds. The van der Waals surface area contributed by atoms with E-state index in [0.717, 1.165) is 12.8 Å². The predicted molar refractivity (Wildman–Crippen MR) is 135 cm³/mol. The maximum atomic E-state index is 15.9. The quantitative estimate of drug-likeness (QED) is 0.381. The maximum Gasteiger partial charge on any atom is 0.182 e. The van der Waals surface area contributed by atoms with E-state index in [1.807, 2.05) is 10.8 Å². The monoisotopic (exact) mass is 530 g/mol. The lowest BCUT2D eigenvalue weighted by Gasteiger charge is -2.24. The highest BCUT2D eigenvalue weighted by Crippen LogP contribution is 2.38. The molecule has 4 aromatic rings. The normalized spacial score (nSPS) is 14.9. The second kappa shape index (κ2) is 9.68. The zero-order valence-corrected chi connectivity index (χ0v) is 21.0. The molecule has 0 bridgehead atoms. The first-order chi connectivity index (χ1) is 17.3. The van der Waals surface area contributed by atoms with Crippen LogP contribution >= 0.6 is 11.6 Å².